The van der Waals surface area contributed by atoms with Gasteiger partial charge in [0.15, 0.2) is 0 Å². The molecule has 8 heteroatoms. The van der Waals surface area contributed by atoms with Gasteiger partial charge in [0.25, 0.3) is 0 Å². The van der Waals surface area contributed by atoms with Crippen LogP contribution in [0.15, 0.2) is 22.4 Å². The maximum atomic E-state index is 9.78. The number of nitrogens with zero attached hydrogens (tertiary/aromatic N) is 3. The van der Waals surface area contributed by atoms with Crippen molar-refractivity contribution < 1.29 is 20.1 Å². The molecule has 0 spiro atoms. The van der Waals surface area contributed by atoms with Crippen LogP contribution in [0.25, 0.3) is 0 Å². The second-order valence-electron chi connectivity index (χ2n) is 4.16. The minimum Gasteiger partial charge on any atom is -0.394 e. The summed E-state index contributed by atoms with van der Waals surface area (Å²) in [7, 11) is 0. The van der Waals surface area contributed by atoms with E-state index in [1.165, 1.54) is 6.34 Å². The molecule has 0 aromatic rings. The van der Waals surface area contributed by atoms with Crippen LogP contribution >= 0.6 is 0 Å². The van der Waals surface area contributed by atoms with Gasteiger partial charge in [-0.25, -0.2) is 4.99 Å². The molecule has 0 aromatic carbocycles. The van der Waals surface area contributed by atoms with Gasteiger partial charge in [0, 0.05) is 0 Å². The lowest BCUT2D eigenvalue weighted by molar-refractivity contribution is -0.0250. The molecule has 2 aliphatic heterocycles. The first-order valence-electron chi connectivity index (χ1n) is 5.49. The third-order valence-electron chi connectivity index (χ3n) is 2.92. The molecule has 1 unspecified atom stereocenters. The Morgan fingerprint density at radius 3 is 2.61 bits per heavy atom. The average molecular weight is 256 g/mol. The summed E-state index contributed by atoms with van der Waals surface area (Å²) in [6.07, 6.45) is -2.20. The Hall–Kier alpha value is -1.48. The zero-order valence-corrected chi connectivity index (χ0v) is 9.68. The van der Waals surface area contributed by atoms with Crippen LogP contribution in [0.3, 0.4) is 0 Å². The highest BCUT2D eigenvalue weighted by molar-refractivity contribution is 5.89. The monoisotopic (exact) mass is 256 g/mol. The van der Waals surface area contributed by atoms with Gasteiger partial charge in [-0.1, -0.05) is 6.58 Å². The molecule has 1 saturated heterocycles. The lowest BCUT2D eigenvalue weighted by atomic mass is 10.1. The third kappa shape index (κ3) is 2.36. The molecule has 0 saturated carbocycles. The Morgan fingerprint density at radius 1 is 1.39 bits per heavy atom. The van der Waals surface area contributed by atoms with Crippen molar-refractivity contribution in [2.75, 3.05) is 13.2 Å². The quantitative estimate of drug-likeness (QED) is 0.446. The first-order valence-corrected chi connectivity index (χ1v) is 5.49. The summed E-state index contributed by atoms with van der Waals surface area (Å²) in [5, 5.41) is 28.4. The van der Waals surface area contributed by atoms with Crippen LogP contribution in [-0.4, -0.2) is 70.1 Å². The summed E-state index contributed by atoms with van der Waals surface area (Å²) in [5.74, 6) is 0.484. The molecule has 1 fully saturated rings. The lowest BCUT2D eigenvalue weighted by Crippen LogP contribution is -2.40. The SMILES string of the molecule is C=C1N=C(N)N=CN1C[C@@H]1O[C@H](CO)C(O)[C@@H]1O. The van der Waals surface area contributed by atoms with E-state index in [1.807, 2.05) is 0 Å². The van der Waals surface area contributed by atoms with Crippen LogP contribution in [0.2, 0.25) is 0 Å². The molecule has 100 valence electrons. The number of ether oxygens (including phenoxy) is 1. The van der Waals surface area contributed by atoms with Gasteiger partial charge in [-0.3, -0.25) is 0 Å². The predicted octanol–water partition coefficient (Wildman–Crippen LogP) is -2.40. The Kier molecular flexibility index (Phi) is 3.62. The number of guanidine groups is 1. The standard InChI is InChI=1S/C10H16N4O4/c1-5-13-10(11)12-4-14(5)2-6-8(16)9(17)7(3-15)18-6/h4,6-9,15-17H,1-3H2,(H2,11,13)/t6-,7+,8+,9?/m0/s1. The number of nitrogens with two attached hydrogens (primary N) is 1. The number of aliphatic hydroxyl groups is 3. The summed E-state index contributed by atoms with van der Waals surface area (Å²) < 4.78 is 5.34. The largest absolute Gasteiger partial charge is 0.394 e. The van der Waals surface area contributed by atoms with E-state index >= 15 is 0 Å². The van der Waals surface area contributed by atoms with E-state index in [0.29, 0.717) is 5.82 Å². The number of rotatable bonds is 3. The molecule has 8 nitrogen and oxygen atoms in total. The van der Waals surface area contributed by atoms with E-state index in [0.717, 1.165) is 0 Å². The first kappa shape index (κ1) is 13.0. The van der Waals surface area contributed by atoms with Gasteiger partial charge < -0.3 is 30.7 Å². The summed E-state index contributed by atoms with van der Waals surface area (Å²) >= 11 is 0. The highest BCUT2D eigenvalue weighted by atomic mass is 16.6. The van der Waals surface area contributed by atoms with Crippen LogP contribution < -0.4 is 5.73 Å². The molecule has 0 aromatic heterocycles. The summed E-state index contributed by atoms with van der Waals surface area (Å²) in [4.78, 5) is 9.23. The van der Waals surface area contributed by atoms with Crippen molar-refractivity contribution in [1.29, 1.82) is 0 Å². The van der Waals surface area contributed by atoms with E-state index in [-0.39, 0.29) is 19.1 Å². The molecule has 5 N–H and O–H groups in total. The summed E-state index contributed by atoms with van der Waals surface area (Å²) in [6, 6.07) is 0. The van der Waals surface area contributed by atoms with Gasteiger partial charge in [0.1, 0.15) is 36.6 Å². The van der Waals surface area contributed by atoms with Gasteiger partial charge in [-0.15, -0.1) is 0 Å². The zero-order chi connectivity index (χ0) is 13.3. The fraction of sp³-hybridized carbons (Fsp3) is 0.600. The predicted molar refractivity (Wildman–Crippen MR) is 63.7 cm³/mol. The second-order valence-corrected chi connectivity index (χ2v) is 4.16. The van der Waals surface area contributed by atoms with Crippen LogP contribution in [-0.2, 0) is 4.74 Å². The number of hydrogen-bond donors (Lipinski definition) is 4. The van der Waals surface area contributed by atoms with Gasteiger partial charge >= 0.3 is 0 Å². The topological polar surface area (TPSA) is 124 Å². The number of hydrogen-bond acceptors (Lipinski definition) is 8. The first-order chi connectivity index (χ1) is 8.52. The Balaban J connectivity index is 1.99. The summed E-state index contributed by atoms with van der Waals surface area (Å²) in [5.41, 5.74) is 5.40. The van der Waals surface area contributed by atoms with E-state index in [1.54, 1.807) is 4.90 Å². The van der Waals surface area contributed by atoms with E-state index in [2.05, 4.69) is 16.6 Å². The van der Waals surface area contributed by atoms with Crippen molar-refractivity contribution in [2.24, 2.45) is 15.7 Å². The molecule has 0 amide bonds. The van der Waals surface area contributed by atoms with Crippen molar-refractivity contribution in [1.82, 2.24) is 4.90 Å². The maximum Gasteiger partial charge on any atom is 0.223 e. The highest BCUT2D eigenvalue weighted by Crippen LogP contribution is 2.22. The van der Waals surface area contributed by atoms with Crippen LogP contribution in [0.1, 0.15) is 0 Å². The van der Waals surface area contributed by atoms with Crippen LogP contribution in [0, 0.1) is 0 Å². The Morgan fingerprint density at radius 2 is 2.06 bits per heavy atom. The van der Waals surface area contributed by atoms with E-state index < -0.39 is 24.4 Å². The minimum atomic E-state index is -1.11. The Labute approximate surface area is 104 Å². The molecule has 2 heterocycles. The molecular formula is C10H16N4O4. The smallest absolute Gasteiger partial charge is 0.223 e. The third-order valence-corrected chi connectivity index (χ3v) is 2.92. The summed E-state index contributed by atoms with van der Waals surface area (Å²) in [6.45, 7) is 3.55. The molecule has 2 aliphatic rings. The zero-order valence-electron chi connectivity index (χ0n) is 9.68. The molecule has 0 bridgehead atoms. The molecule has 0 radical (unpaired) electrons. The molecule has 18 heavy (non-hydrogen) atoms. The normalized spacial score (nSPS) is 36.1. The van der Waals surface area contributed by atoms with Gasteiger partial charge in [0.2, 0.25) is 5.96 Å². The second kappa shape index (κ2) is 5.02. The molecule has 4 atom stereocenters. The van der Waals surface area contributed by atoms with Crippen LogP contribution in [0.4, 0.5) is 0 Å². The van der Waals surface area contributed by atoms with Gasteiger partial charge in [-0.05, 0) is 0 Å². The molecule has 2 rings (SSSR count). The van der Waals surface area contributed by atoms with Gasteiger partial charge in [-0.2, -0.15) is 4.99 Å². The maximum absolute atomic E-state index is 9.78. The fourth-order valence-corrected chi connectivity index (χ4v) is 1.89. The van der Waals surface area contributed by atoms with Crippen molar-refractivity contribution in [3.8, 4) is 0 Å². The van der Waals surface area contributed by atoms with Crippen molar-refractivity contribution in [3.63, 3.8) is 0 Å². The number of aliphatic imine (C=N–C) groups is 2. The molecule has 0 aliphatic carbocycles. The average Bonchev–Trinajstić information content (AvgIpc) is 2.60. The van der Waals surface area contributed by atoms with E-state index in [9.17, 15) is 10.2 Å². The van der Waals surface area contributed by atoms with Crippen molar-refractivity contribution in [3.05, 3.63) is 12.4 Å². The Bertz CT molecular complexity index is 397. The van der Waals surface area contributed by atoms with Gasteiger partial charge in [0.05, 0.1) is 13.2 Å². The van der Waals surface area contributed by atoms with Crippen LogP contribution in [0.5, 0.6) is 0 Å². The highest BCUT2D eigenvalue weighted by Gasteiger charge is 2.43. The fourth-order valence-electron chi connectivity index (χ4n) is 1.89. The van der Waals surface area contributed by atoms with E-state index in [4.69, 9.17) is 15.6 Å². The minimum absolute atomic E-state index is 0.109. The lowest BCUT2D eigenvalue weighted by Gasteiger charge is -2.25. The van der Waals surface area contributed by atoms with Crippen molar-refractivity contribution in [2.45, 2.75) is 24.4 Å². The number of aliphatic hydroxyl groups excluding tert-OH is 3. The molecular weight excluding hydrogens is 240 g/mol. The van der Waals surface area contributed by atoms with Crippen molar-refractivity contribution >= 4 is 12.3 Å².